The Morgan fingerprint density at radius 2 is 0.871 bits per heavy atom. The first-order valence-electron chi connectivity index (χ1n) is 11.6. The van der Waals surface area contributed by atoms with Crippen LogP contribution in [0.1, 0.15) is 64.2 Å². The Kier molecular flexibility index (Phi) is 7.35. The van der Waals surface area contributed by atoms with E-state index in [0.717, 1.165) is 38.5 Å². The Bertz CT molecular complexity index is 730. The van der Waals surface area contributed by atoms with E-state index in [1.807, 2.05) is 0 Å². The molecule has 0 bridgehead atoms. The van der Waals surface area contributed by atoms with Crippen molar-refractivity contribution in [1.29, 1.82) is 0 Å². The highest BCUT2D eigenvalue weighted by atomic mass is 32.3. The third-order valence-corrected chi connectivity index (χ3v) is 12.2. The molecule has 0 radical (unpaired) electrons. The summed E-state index contributed by atoms with van der Waals surface area (Å²) in [6.45, 7) is 1.81. The molecule has 2 aliphatic carbocycles. The highest BCUT2D eigenvalue weighted by molar-refractivity contribution is 8.08. The fraction of sp³-hybridized carbons (Fsp3) is 1.00. The summed E-state index contributed by atoms with van der Waals surface area (Å²) in [6.07, 6.45) is 7.36. The summed E-state index contributed by atoms with van der Waals surface area (Å²) in [5.74, 6) is -0.402. The van der Waals surface area contributed by atoms with Crippen LogP contribution in [-0.2, 0) is 38.6 Å². The lowest BCUT2D eigenvalue weighted by Crippen LogP contribution is -2.46. The molecule has 0 aromatic heterocycles. The number of ether oxygens (including phenoxy) is 4. The molecule has 0 aromatic rings. The van der Waals surface area contributed by atoms with E-state index in [9.17, 15) is 16.8 Å². The third kappa shape index (κ3) is 5.63. The molecular weight excluding hydrogens is 444 g/mol. The van der Waals surface area contributed by atoms with Gasteiger partial charge in [-0.25, -0.2) is 16.8 Å². The summed E-state index contributed by atoms with van der Waals surface area (Å²) >= 11 is 0. The molecule has 0 amide bonds. The Hall–Kier alpha value is -0.260. The summed E-state index contributed by atoms with van der Waals surface area (Å²) in [5.41, 5.74) is -1.30. The Morgan fingerprint density at radius 3 is 1.19 bits per heavy atom. The van der Waals surface area contributed by atoms with Crippen molar-refractivity contribution < 1.29 is 35.8 Å². The van der Waals surface area contributed by atoms with Gasteiger partial charge in [0.15, 0.2) is 37.3 Å². The molecule has 0 aromatic carbocycles. The zero-order valence-corrected chi connectivity index (χ0v) is 19.9. The number of hydrogen-bond acceptors (Lipinski definition) is 8. The van der Waals surface area contributed by atoms with Crippen molar-refractivity contribution >= 4 is 19.7 Å². The molecule has 0 spiro atoms. The van der Waals surface area contributed by atoms with Gasteiger partial charge in [0, 0.05) is 10.8 Å². The van der Waals surface area contributed by atoms with Gasteiger partial charge in [-0.2, -0.15) is 0 Å². The van der Waals surface area contributed by atoms with Crippen molar-refractivity contribution in [3.05, 3.63) is 0 Å². The molecule has 2 heterocycles. The van der Waals surface area contributed by atoms with Crippen molar-refractivity contribution in [1.82, 2.24) is 0 Å². The van der Waals surface area contributed by atoms with E-state index in [2.05, 4.69) is 0 Å². The normalized spacial score (nSPS) is 28.1. The molecule has 4 fully saturated rings. The van der Waals surface area contributed by atoms with Gasteiger partial charge in [0.25, 0.3) is 0 Å². The van der Waals surface area contributed by atoms with Gasteiger partial charge in [0.2, 0.25) is 0 Å². The summed E-state index contributed by atoms with van der Waals surface area (Å²) in [6, 6.07) is 0. The highest BCUT2D eigenvalue weighted by Gasteiger charge is 2.49. The van der Waals surface area contributed by atoms with Crippen molar-refractivity contribution in [3.8, 4) is 0 Å². The average Bonchev–Trinajstić information content (AvgIpc) is 3.42. The summed E-state index contributed by atoms with van der Waals surface area (Å²) in [4.78, 5) is 0. The molecule has 2 saturated heterocycles. The average molecular weight is 481 g/mol. The monoisotopic (exact) mass is 480 g/mol. The van der Waals surface area contributed by atoms with E-state index in [0.29, 0.717) is 52.1 Å². The number of sulfone groups is 2. The quantitative estimate of drug-likeness (QED) is 0.522. The van der Waals surface area contributed by atoms with Crippen LogP contribution in [-0.4, -0.2) is 72.4 Å². The topological polar surface area (TPSA) is 105 Å². The first-order chi connectivity index (χ1) is 14.7. The maximum absolute atomic E-state index is 13.2. The highest BCUT2D eigenvalue weighted by Crippen LogP contribution is 2.45. The van der Waals surface area contributed by atoms with Gasteiger partial charge in [-0.05, 0) is 25.7 Å². The van der Waals surface area contributed by atoms with Gasteiger partial charge in [-0.15, -0.1) is 0 Å². The number of hydrogen-bond donors (Lipinski definition) is 0. The predicted molar refractivity (Wildman–Crippen MR) is 115 cm³/mol. The van der Waals surface area contributed by atoms with Crippen LogP contribution in [0.15, 0.2) is 0 Å². The predicted octanol–water partition coefficient (Wildman–Crippen LogP) is 2.42. The smallest absolute Gasteiger partial charge is 0.165 e. The van der Waals surface area contributed by atoms with Gasteiger partial charge in [0.1, 0.15) is 0 Å². The van der Waals surface area contributed by atoms with Crippen LogP contribution in [0.25, 0.3) is 0 Å². The minimum absolute atomic E-state index is 0.201. The number of rotatable bonds is 8. The van der Waals surface area contributed by atoms with Crippen LogP contribution in [0.4, 0.5) is 0 Å². The van der Waals surface area contributed by atoms with E-state index in [4.69, 9.17) is 18.9 Å². The van der Waals surface area contributed by atoms with Crippen molar-refractivity contribution in [2.45, 2.75) is 76.8 Å². The summed E-state index contributed by atoms with van der Waals surface area (Å²) < 4.78 is 75.6. The van der Waals surface area contributed by atoms with Gasteiger partial charge < -0.3 is 18.9 Å². The van der Waals surface area contributed by atoms with E-state index in [1.54, 1.807) is 0 Å². The van der Waals surface area contributed by atoms with Crippen molar-refractivity contribution in [3.63, 3.8) is 0 Å². The van der Waals surface area contributed by atoms with Gasteiger partial charge in [-0.1, -0.05) is 38.5 Å². The molecule has 0 atom stereocenters. The largest absolute Gasteiger partial charge is 0.350 e. The van der Waals surface area contributed by atoms with E-state index in [-0.39, 0.29) is 11.5 Å². The Morgan fingerprint density at radius 1 is 0.548 bits per heavy atom. The second-order valence-corrected chi connectivity index (χ2v) is 14.4. The molecule has 0 N–H and O–H groups in total. The van der Waals surface area contributed by atoms with Gasteiger partial charge in [-0.3, -0.25) is 0 Å². The Balaban J connectivity index is 1.49. The molecule has 4 rings (SSSR count). The minimum Gasteiger partial charge on any atom is -0.350 e. The third-order valence-electron chi connectivity index (χ3n) is 7.32. The minimum atomic E-state index is -3.87. The van der Waals surface area contributed by atoms with E-state index < -0.39 is 48.2 Å². The second kappa shape index (κ2) is 9.54. The lowest BCUT2D eigenvalue weighted by atomic mass is 9.75. The molecule has 0 unspecified atom stereocenters. The van der Waals surface area contributed by atoms with Crippen LogP contribution >= 0.6 is 0 Å². The van der Waals surface area contributed by atoms with Crippen molar-refractivity contribution in [2.24, 2.45) is 10.8 Å². The maximum atomic E-state index is 13.2. The standard InChI is InChI=1S/C21H36O8S2/c22-30(23,15-20(7-3-1-4-8-20)18-26-11-12-27-18)17-31(24,25)16-21(9-5-2-6-10-21)19-28-13-14-29-19/h18-19H,1-17H2. The van der Waals surface area contributed by atoms with Gasteiger partial charge >= 0.3 is 0 Å². The molecule has 180 valence electrons. The molecule has 4 aliphatic rings. The van der Waals surface area contributed by atoms with Crippen LogP contribution in [0.5, 0.6) is 0 Å². The van der Waals surface area contributed by atoms with Gasteiger partial charge in [0.05, 0.1) is 37.9 Å². The zero-order valence-electron chi connectivity index (χ0n) is 18.3. The molecule has 10 heteroatoms. The first-order valence-corrected chi connectivity index (χ1v) is 15.3. The molecule has 2 saturated carbocycles. The summed E-state index contributed by atoms with van der Waals surface area (Å²) in [7, 11) is -7.73. The fourth-order valence-corrected chi connectivity index (χ4v) is 11.5. The maximum Gasteiger partial charge on any atom is 0.165 e. The lowest BCUT2D eigenvalue weighted by molar-refractivity contribution is -0.136. The van der Waals surface area contributed by atoms with Crippen LogP contribution in [0, 0.1) is 10.8 Å². The van der Waals surface area contributed by atoms with E-state index >= 15 is 0 Å². The first kappa shape index (κ1) is 23.9. The summed E-state index contributed by atoms with van der Waals surface area (Å²) in [5, 5.41) is -0.830. The zero-order chi connectivity index (χ0) is 22.0. The Labute approximate surface area is 186 Å². The molecule has 8 nitrogen and oxygen atoms in total. The SMILES string of the molecule is O=S(=O)(CC1(C2OCCO2)CCCCC1)CS(=O)(=O)CC1(C2OCCO2)CCCCC1. The van der Waals surface area contributed by atoms with E-state index in [1.165, 1.54) is 0 Å². The second-order valence-electron chi connectivity index (χ2n) is 9.89. The molecule has 31 heavy (non-hydrogen) atoms. The van der Waals surface area contributed by atoms with Crippen molar-refractivity contribution in [2.75, 3.05) is 43.0 Å². The lowest BCUT2D eigenvalue weighted by Gasteiger charge is -2.41. The molecule has 2 aliphatic heterocycles. The van der Waals surface area contributed by atoms with Crippen LogP contribution in [0.3, 0.4) is 0 Å². The van der Waals surface area contributed by atoms with Crippen LogP contribution < -0.4 is 0 Å². The van der Waals surface area contributed by atoms with Crippen LogP contribution in [0.2, 0.25) is 0 Å². The molecular formula is C21H36O8S2. The fourth-order valence-electron chi connectivity index (χ4n) is 6.06.